The minimum atomic E-state index is 0.0184. The van der Waals surface area contributed by atoms with Crippen molar-refractivity contribution in [1.29, 1.82) is 0 Å². The molecule has 0 spiro atoms. The highest BCUT2D eigenvalue weighted by atomic mass is 32.1. The average Bonchev–Trinajstić information content (AvgIpc) is 3.23. The number of nitrogens with zero attached hydrogens (tertiary/aromatic N) is 3. The lowest BCUT2D eigenvalue weighted by atomic mass is 9.94. The second-order valence-corrected chi connectivity index (χ2v) is 9.01. The first-order valence-corrected chi connectivity index (χ1v) is 11.3. The van der Waals surface area contributed by atoms with Crippen molar-refractivity contribution in [1.82, 2.24) is 14.4 Å². The molecule has 6 heteroatoms. The van der Waals surface area contributed by atoms with Gasteiger partial charge in [0.2, 0.25) is 5.91 Å². The number of thiophene rings is 1. The summed E-state index contributed by atoms with van der Waals surface area (Å²) in [4.78, 5) is 31.1. The summed E-state index contributed by atoms with van der Waals surface area (Å²) in [5, 5.41) is 1.93. The molecular weight excluding hydrogens is 370 g/mol. The van der Waals surface area contributed by atoms with Crippen molar-refractivity contribution in [2.75, 3.05) is 6.54 Å². The first kappa shape index (κ1) is 19.2. The van der Waals surface area contributed by atoms with E-state index in [4.69, 9.17) is 0 Å². The van der Waals surface area contributed by atoms with Gasteiger partial charge in [-0.05, 0) is 49.3 Å². The van der Waals surface area contributed by atoms with Crippen LogP contribution in [0.15, 0.2) is 35.8 Å². The number of amides is 2. The van der Waals surface area contributed by atoms with Crippen LogP contribution in [0.25, 0.3) is 0 Å². The molecule has 0 atom stereocenters. The van der Waals surface area contributed by atoms with E-state index in [0.717, 1.165) is 49.1 Å². The van der Waals surface area contributed by atoms with Gasteiger partial charge in [-0.15, -0.1) is 11.3 Å². The SMILES string of the molecule is Cn1cccc1CN(C(=O)CN(C(=O)c1cccs1)C1CCCCC1)C1CC1. The summed E-state index contributed by atoms with van der Waals surface area (Å²) in [5.74, 6) is 0.101. The zero-order chi connectivity index (χ0) is 19.5. The molecule has 2 amide bonds. The largest absolute Gasteiger partial charge is 0.353 e. The fraction of sp³-hybridized carbons (Fsp3) is 0.545. The first-order valence-electron chi connectivity index (χ1n) is 10.4. The van der Waals surface area contributed by atoms with Gasteiger partial charge in [0.1, 0.15) is 6.54 Å². The van der Waals surface area contributed by atoms with Crippen LogP contribution in [0.3, 0.4) is 0 Å². The van der Waals surface area contributed by atoms with Crippen LogP contribution in [0.5, 0.6) is 0 Å². The highest BCUT2D eigenvalue weighted by Crippen LogP contribution is 2.30. The predicted octanol–water partition coefficient (Wildman–Crippen LogP) is 4.05. The van der Waals surface area contributed by atoms with Crippen LogP contribution < -0.4 is 0 Å². The van der Waals surface area contributed by atoms with Crippen LogP contribution in [-0.2, 0) is 18.4 Å². The van der Waals surface area contributed by atoms with Crippen molar-refractivity contribution >= 4 is 23.2 Å². The molecule has 2 aliphatic rings. The molecule has 28 heavy (non-hydrogen) atoms. The molecule has 0 bridgehead atoms. The maximum atomic E-state index is 13.3. The standard InChI is InChI=1S/C22H29N3O2S/c1-23-13-5-9-19(23)15-24(18-11-12-18)21(26)16-25(17-7-3-2-4-8-17)22(27)20-10-6-14-28-20/h5-6,9-10,13-14,17-18H,2-4,7-8,11-12,15-16H2,1H3. The zero-order valence-electron chi connectivity index (χ0n) is 16.5. The van der Waals surface area contributed by atoms with Crippen LogP contribution in [0, 0.1) is 0 Å². The van der Waals surface area contributed by atoms with Crippen molar-refractivity contribution in [2.45, 2.75) is 63.6 Å². The molecule has 150 valence electrons. The smallest absolute Gasteiger partial charge is 0.264 e. The highest BCUT2D eigenvalue weighted by Gasteiger charge is 2.36. The van der Waals surface area contributed by atoms with E-state index in [1.165, 1.54) is 17.8 Å². The minimum Gasteiger partial charge on any atom is -0.353 e. The van der Waals surface area contributed by atoms with Crippen LogP contribution in [0.1, 0.15) is 60.3 Å². The number of carbonyl (C=O) groups is 2. The number of hydrogen-bond donors (Lipinski definition) is 0. The lowest BCUT2D eigenvalue weighted by molar-refractivity contribution is -0.133. The van der Waals surface area contributed by atoms with Gasteiger partial charge in [0, 0.05) is 31.0 Å². The van der Waals surface area contributed by atoms with Gasteiger partial charge in [-0.25, -0.2) is 0 Å². The topological polar surface area (TPSA) is 45.6 Å². The molecule has 0 unspecified atom stereocenters. The van der Waals surface area contributed by atoms with E-state index >= 15 is 0 Å². The Labute approximate surface area is 170 Å². The maximum absolute atomic E-state index is 13.3. The molecule has 2 fully saturated rings. The van der Waals surface area contributed by atoms with Gasteiger partial charge >= 0.3 is 0 Å². The van der Waals surface area contributed by atoms with Crippen molar-refractivity contribution in [3.63, 3.8) is 0 Å². The van der Waals surface area contributed by atoms with Crippen molar-refractivity contribution < 1.29 is 9.59 Å². The summed E-state index contributed by atoms with van der Waals surface area (Å²) in [6.45, 7) is 0.820. The Morgan fingerprint density at radius 3 is 2.39 bits per heavy atom. The third-order valence-corrected chi connectivity index (χ3v) is 6.86. The van der Waals surface area contributed by atoms with Gasteiger partial charge < -0.3 is 14.4 Å². The quantitative estimate of drug-likeness (QED) is 0.705. The second kappa shape index (κ2) is 8.52. The Kier molecular flexibility index (Phi) is 5.85. The van der Waals surface area contributed by atoms with E-state index in [1.807, 2.05) is 46.6 Å². The Balaban J connectivity index is 1.51. The zero-order valence-corrected chi connectivity index (χ0v) is 17.4. The lowest BCUT2D eigenvalue weighted by Crippen LogP contribution is -2.48. The molecule has 2 heterocycles. The Morgan fingerprint density at radius 1 is 1.04 bits per heavy atom. The fourth-order valence-electron chi connectivity index (χ4n) is 4.18. The predicted molar refractivity (Wildman–Crippen MR) is 111 cm³/mol. The number of hydrogen-bond acceptors (Lipinski definition) is 3. The van der Waals surface area contributed by atoms with Crippen molar-refractivity contribution in [3.8, 4) is 0 Å². The number of rotatable bonds is 7. The van der Waals surface area contributed by atoms with Crippen LogP contribution in [-0.4, -0.2) is 44.8 Å². The minimum absolute atomic E-state index is 0.0184. The number of aromatic nitrogens is 1. The van der Waals surface area contributed by atoms with E-state index in [9.17, 15) is 9.59 Å². The third kappa shape index (κ3) is 4.32. The molecule has 4 rings (SSSR count). The molecule has 2 aliphatic carbocycles. The van der Waals surface area contributed by atoms with Crippen molar-refractivity contribution in [3.05, 3.63) is 46.4 Å². The summed E-state index contributed by atoms with van der Waals surface area (Å²) in [7, 11) is 2.01. The van der Waals surface area contributed by atoms with E-state index < -0.39 is 0 Å². The monoisotopic (exact) mass is 399 g/mol. The third-order valence-electron chi connectivity index (χ3n) is 6.01. The summed E-state index contributed by atoms with van der Waals surface area (Å²) in [6.07, 6.45) is 9.67. The lowest BCUT2D eigenvalue weighted by Gasteiger charge is -2.35. The Bertz CT molecular complexity index is 804. The van der Waals surface area contributed by atoms with E-state index in [2.05, 4.69) is 10.6 Å². The molecule has 2 aromatic rings. The van der Waals surface area contributed by atoms with E-state index in [1.54, 1.807) is 0 Å². The average molecular weight is 400 g/mol. The van der Waals surface area contributed by atoms with Gasteiger partial charge in [0.15, 0.2) is 0 Å². The molecule has 0 aliphatic heterocycles. The summed E-state index contributed by atoms with van der Waals surface area (Å²) < 4.78 is 2.07. The van der Waals surface area contributed by atoms with E-state index in [-0.39, 0.29) is 24.4 Å². The Morgan fingerprint density at radius 2 is 1.79 bits per heavy atom. The maximum Gasteiger partial charge on any atom is 0.264 e. The summed E-state index contributed by atoms with van der Waals surface area (Å²) in [6, 6.07) is 8.37. The molecule has 0 radical (unpaired) electrons. The van der Waals surface area contributed by atoms with Gasteiger partial charge in [-0.1, -0.05) is 25.3 Å². The molecule has 2 aromatic heterocycles. The normalized spacial score (nSPS) is 17.5. The fourth-order valence-corrected chi connectivity index (χ4v) is 4.86. The van der Waals surface area contributed by atoms with Gasteiger partial charge in [0.05, 0.1) is 11.4 Å². The molecule has 0 N–H and O–H groups in total. The molecule has 0 saturated heterocycles. The van der Waals surface area contributed by atoms with Crippen LogP contribution in [0.4, 0.5) is 0 Å². The number of aryl methyl sites for hydroxylation is 1. The molecular formula is C22H29N3O2S. The highest BCUT2D eigenvalue weighted by molar-refractivity contribution is 7.12. The molecule has 2 saturated carbocycles. The summed E-state index contributed by atoms with van der Waals surface area (Å²) in [5.41, 5.74) is 1.13. The second-order valence-electron chi connectivity index (χ2n) is 8.07. The van der Waals surface area contributed by atoms with Crippen LogP contribution >= 0.6 is 11.3 Å². The number of carbonyl (C=O) groups excluding carboxylic acids is 2. The van der Waals surface area contributed by atoms with Gasteiger partial charge in [0.25, 0.3) is 5.91 Å². The van der Waals surface area contributed by atoms with Crippen molar-refractivity contribution in [2.24, 2.45) is 7.05 Å². The molecule has 0 aromatic carbocycles. The van der Waals surface area contributed by atoms with Crippen LogP contribution in [0.2, 0.25) is 0 Å². The first-order chi connectivity index (χ1) is 13.6. The van der Waals surface area contributed by atoms with Gasteiger partial charge in [-0.2, -0.15) is 0 Å². The Hall–Kier alpha value is -2.08. The summed E-state index contributed by atoms with van der Waals surface area (Å²) >= 11 is 1.46. The van der Waals surface area contributed by atoms with E-state index in [0.29, 0.717) is 12.6 Å². The van der Waals surface area contributed by atoms with Gasteiger partial charge in [-0.3, -0.25) is 9.59 Å². The molecule has 5 nitrogen and oxygen atoms in total.